The lowest BCUT2D eigenvalue weighted by molar-refractivity contribution is 0.474. The van der Waals surface area contributed by atoms with Crippen molar-refractivity contribution in [3.8, 4) is 17.1 Å². The molecule has 7 heteroatoms. The molecule has 0 aliphatic heterocycles. The van der Waals surface area contributed by atoms with Crippen molar-refractivity contribution in [1.29, 1.82) is 0 Å². The summed E-state index contributed by atoms with van der Waals surface area (Å²) in [5, 5.41) is 21.8. The van der Waals surface area contributed by atoms with E-state index in [1.807, 2.05) is 43.3 Å². The second kappa shape index (κ2) is 8.18. The van der Waals surface area contributed by atoms with Crippen LogP contribution in [0.15, 0.2) is 47.6 Å². The molecule has 1 aromatic heterocycles. The van der Waals surface area contributed by atoms with Gasteiger partial charge in [-0.2, -0.15) is 14.9 Å². The maximum atomic E-state index is 10.4. The van der Waals surface area contributed by atoms with Gasteiger partial charge in [0.15, 0.2) is 5.82 Å². The fourth-order valence-corrected chi connectivity index (χ4v) is 3.01. The lowest BCUT2D eigenvalue weighted by Crippen LogP contribution is -2.21. The van der Waals surface area contributed by atoms with Gasteiger partial charge in [0.1, 0.15) is 5.75 Å². The van der Waals surface area contributed by atoms with Crippen molar-refractivity contribution in [3.63, 3.8) is 0 Å². The number of nitrogens with zero attached hydrogens (tertiary/aromatic N) is 4. The molecule has 0 saturated heterocycles. The molecule has 0 unspecified atom stereocenters. The molecular weight excluding hydrogens is 358 g/mol. The molecule has 6 nitrogen and oxygen atoms in total. The highest BCUT2D eigenvalue weighted by molar-refractivity contribution is 7.71. The lowest BCUT2D eigenvalue weighted by Gasteiger charge is -2.21. The summed E-state index contributed by atoms with van der Waals surface area (Å²) < 4.78 is 1.94. The average molecular weight is 382 g/mol. The van der Waals surface area contributed by atoms with Gasteiger partial charge in [0.2, 0.25) is 4.77 Å². The van der Waals surface area contributed by atoms with E-state index < -0.39 is 0 Å². The van der Waals surface area contributed by atoms with Crippen LogP contribution in [-0.2, 0) is 0 Å². The first-order valence-corrected chi connectivity index (χ1v) is 9.31. The van der Waals surface area contributed by atoms with E-state index in [1.54, 1.807) is 17.0 Å². The normalized spacial score (nSPS) is 11.2. The minimum atomic E-state index is 0.176. The van der Waals surface area contributed by atoms with E-state index in [0.29, 0.717) is 16.2 Å². The molecule has 0 aliphatic carbocycles. The summed E-state index contributed by atoms with van der Waals surface area (Å²) >= 11 is 5.30. The van der Waals surface area contributed by atoms with E-state index in [0.717, 1.165) is 24.3 Å². The number of aryl methyl sites for hydroxylation is 1. The van der Waals surface area contributed by atoms with Gasteiger partial charge in [0.05, 0.1) is 6.21 Å². The van der Waals surface area contributed by atoms with Gasteiger partial charge >= 0.3 is 0 Å². The van der Waals surface area contributed by atoms with Gasteiger partial charge in [0.25, 0.3) is 0 Å². The molecular formula is C20H23N5OS. The number of hydrogen-bond acceptors (Lipinski definition) is 5. The zero-order valence-electron chi connectivity index (χ0n) is 15.7. The quantitative estimate of drug-likeness (QED) is 0.492. The van der Waals surface area contributed by atoms with Crippen molar-refractivity contribution in [1.82, 2.24) is 14.9 Å². The Morgan fingerprint density at radius 2 is 1.89 bits per heavy atom. The molecule has 0 aliphatic rings. The van der Waals surface area contributed by atoms with Crippen LogP contribution < -0.4 is 4.90 Å². The Morgan fingerprint density at radius 1 is 1.19 bits per heavy atom. The smallest absolute Gasteiger partial charge is 0.216 e. The Bertz CT molecular complexity index is 1000. The van der Waals surface area contributed by atoms with Crippen LogP contribution in [0.1, 0.15) is 25.0 Å². The van der Waals surface area contributed by atoms with E-state index in [-0.39, 0.29) is 5.75 Å². The standard InChI is InChI=1S/C20H23N5OS/c1-4-24(5-2)17-11-10-16(18(26)12-17)13-21-25-19(22-23-20(25)27)15-8-6-14(3)7-9-15/h6-13,26H,4-5H2,1-3H3,(H,23,27)/b21-13+. The molecule has 0 bridgehead atoms. The van der Waals surface area contributed by atoms with Crippen LogP contribution in [0.3, 0.4) is 0 Å². The second-order valence-corrected chi connectivity index (χ2v) is 6.58. The highest BCUT2D eigenvalue weighted by atomic mass is 32.1. The van der Waals surface area contributed by atoms with Crippen LogP contribution >= 0.6 is 12.2 Å². The number of benzene rings is 2. The van der Waals surface area contributed by atoms with Crippen molar-refractivity contribution in [2.45, 2.75) is 20.8 Å². The molecule has 0 radical (unpaired) electrons. The van der Waals surface area contributed by atoms with Crippen LogP contribution in [0.5, 0.6) is 5.75 Å². The number of nitrogens with one attached hydrogen (secondary N) is 1. The summed E-state index contributed by atoms with van der Waals surface area (Å²) in [6.45, 7) is 7.97. The molecule has 0 spiro atoms. The Kier molecular flexibility index (Phi) is 5.71. The van der Waals surface area contributed by atoms with Crippen LogP contribution in [-0.4, -0.2) is 39.3 Å². The molecule has 3 rings (SSSR count). The Balaban J connectivity index is 1.92. The summed E-state index contributed by atoms with van der Waals surface area (Å²) in [6.07, 6.45) is 1.59. The number of rotatable bonds is 6. The van der Waals surface area contributed by atoms with Crippen LogP contribution in [0.25, 0.3) is 11.4 Å². The predicted octanol–water partition coefficient (Wildman–Crippen LogP) is 4.35. The van der Waals surface area contributed by atoms with Crippen molar-refractivity contribution >= 4 is 24.1 Å². The fourth-order valence-electron chi connectivity index (χ4n) is 2.83. The molecule has 27 heavy (non-hydrogen) atoms. The number of hydrogen-bond donors (Lipinski definition) is 2. The molecule has 0 atom stereocenters. The number of H-pyrrole nitrogens is 1. The minimum Gasteiger partial charge on any atom is -0.507 e. The molecule has 0 saturated carbocycles. The average Bonchev–Trinajstić information content (AvgIpc) is 3.03. The summed E-state index contributed by atoms with van der Waals surface area (Å²) in [6, 6.07) is 13.6. The van der Waals surface area contributed by atoms with Crippen LogP contribution in [0, 0.1) is 11.7 Å². The largest absolute Gasteiger partial charge is 0.507 e. The Hall–Kier alpha value is -2.93. The number of aromatic hydroxyl groups is 1. The fraction of sp³-hybridized carbons (Fsp3) is 0.250. The molecule has 3 aromatic rings. The van der Waals surface area contributed by atoms with Gasteiger partial charge in [-0.15, -0.1) is 0 Å². The van der Waals surface area contributed by atoms with Crippen molar-refractivity contribution in [2.75, 3.05) is 18.0 Å². The zero-order chi connectivity index (χ0) is 19.4. The molecule has 140 valence electrons. The summed E-state index contributed by atoms with van der Waals surface area (Å²) in [5.41, 5.74) is 3.67. The number of phenols is 1. The first kappa shape index (κ1) is 18.8. The zero-order valence-corrected chi connectivity index (χ0v) is 16.5. The van der Waals surface area contributed by atoms with E-state index in [9.17, 15) is 5.11 Å². The van der Waals surface area contributed by atoms with Crippen LogP contribution in [0.4, 0.5) is 5.69 Å². The molecule has 0 fully saturated rings. The third kappa shape index (κ3) is 4.09. The Labute approximate surface area is 163 Å². The number of aromatic nitrogens is 3. The van der Waals surface area contributed by atoms with Gasteiger partial charge in [-0.25, -0.2) is 5.10 Å². The van der Waals surface area contributed by atoms with E-state index in [4.69, 9.17) is 12.2 Å². The molecule has 2 aromatic carbocycles. The van der Waals surface area contributed by atoms with Gasteiger partial charge < -0.3 is 10.0 Å². The van der Waals surface area contributed by atoms with E-state index >= 15 is 0 Å². The Morgan fingerprint density at radius 3 is 2.52 bits per heavy atom. The molecule has 2 N–H and O–H groups in total. The van der Waals surface area contributed by atoms with Gasteiger partial charge in [-0.1, -0.05) is 29.8 Å². The maximum Gasteiger partial charge on any atom is 0.216 e. The van der Waals surface area contributed by atoms with Gasteiger partial charge in [0, 0.05) is 36.0 Å². The third-order valence-corrected chi connectivity index (χ3v) is 4.68. The second-order valence-electron chi connectivity index (χ2n) is 6.19. The third-order valence-electron chi connectivity index (χ3n) is 4.42. The van der Waals surface area contributed by atoms with E-state index in [1.165, 1.54) is 5.56 Å². The monoisotopic (exact) mass is 381 g/mol. The first-order chi connectivity index (χ1) is 13.0. The summed E-state index contributed by atoms with van der Waals surface area (Å²) in [5.74, 6) is 0.797. The van der Waals surface area contributed by atoms with Crippen molar-refractivity contribution in [3.05, 3.63) is 58.4 Å². The molecule has 0 amide bonds. The highest BCUT2D eigenvalue weighted by Gasteiger charge is 2.09. The summed E-state index contributed by atoms with van der Waals surface area (Å²) in [7, 11) is 0. The van der Waals surface area contributed by atoms with Crippen molar-refractivity contribution in [2.24, 2.45) is 5.10 Å². The SMILES string of the molecule is CCN(CC)c1ccc(/C=N/n2c(-c3ccc(C)cc3)n[nH]c2=S)c(O)c1. The predicted molar refractivity (Wildman–Crippen MR) is 112 cm³/mol. The first-order valence-electron chi connectivity index (χ1n) is 8.90. The summed E-state index contributed by atoms with van der Waals surface area (Å²) in [4.78, 5) is 2.17. The van der Waals surface area contributed by atoms with E-state index in [2.05, 4.69) is 34.0 Å². The van der Waals surface area contributed by atoms with Gasteiger partial charge in [-0.3, -0.25) is 0 Å². The number of anilines is 1. The van der Waals surface area contributed by atoms with Crippen molar-refractivity contribution < 1.29 is 5.11 Å². The number of phenolic OH excluding ortho intramolecular Hbond substituents is 1. The highest BCUT2D eigenvalue weighted by Crippen LogP contribution is 2.24. The van der Waals surface area contributed by atoms with Crippen LogP contribution in [0.2, 0.25) is 0 Å². The minimum absolute atomic E-state index is 0.176. The lowest BCUT2D eigenvalue weighted by atomic mass is 10.1. The van der Waals surface area contributed by atoms with Gasteiger partial charge in [-0.05, 0) is 45.1 Å². The number of aromatic amines is 1. The molecule has 1 heterocycles. The maximum absolute atomic E-state index is 10.4. The topological polar surface area (TPSA) is 69.4 Å².